The minimum atomic E-state index is -4.21. The lowest BCUT2D eigenvalue weighted by Gasteiger charge is -2.58. The van der Waals surface area contributed by atoms with E-state index in [9.17, 15) is 28.9 Å². The maximum absolute atomic E-state index is 14.5. The summed E-state index contributed by atoms with van der Waals surface area (Å²) in [6, 6.07) is 0. The Morgan fingerprint density at radius 2 is 1.83 bits per heavy atom. The van der Waals surface area contributed by atoms with Crippen LogP contribution < -0.4 is 0 Å². The smallest absolute Gasteiger partial charge is 0.410 e. The standard InChI is InChI=1S/C15H25F2NO6/c1-5-18(6-2)12(21)23-11-13(3,4)7-8-9(19)10(20)14(16,17)15(11,22)24-8/h8-11,19-20,22H,5-7H2,1-4H3/t8-,9-,10-,11+,15+/m1/s1. The van der Waals surface area contributed by atoms with Crippen LogP contribution in [0.4, 0.5) is 13.6 Å². The molecule has 0 aromatic rings. The van der Waals surface area contributed by atoms with Crippen molar-refractivity contribution in [3.63, 3.8) is 0 Å². The van der Waals surface area contributed by atoms with Crippen molar-refractivity contribution in [1.29, 1.82) is 0 Å². The van der Waals surface area contributed by atoms with E-state index >= 15 is 0 Å². The first-order chi connectivity index (χ1) is 10.9. The first-order valence-electron chi connectivity index (χ1n) is 8.02. The van der Waals surface area contributed by atoms with Gasteiger partial charge in [0.2, 0.25) is 0 Å². The maximum atomic E-state index is 14.5. The van der Waals surface area contributed by atoms with Gasteiger partial charge in [-0.3, -0.25) is 0 Å². The predicted molar refractivity (Wildman–Crippen MR) is 78.4 cm³/mol. The molecule has 0 aliphatic carbocycles. The molecule has 2 bridgehead atoms. The quantitative estimate of drug-likeness (QED) is 0.691. The number of amides is 1. The Morgan fingerprint density at radius 1 is 1.29 bits per heavy atom. The Labute approximate surface area is 139 Å². The summed E-state index contributed by atoms with van der Waals surface area (Å²) in [5.74, 6) is -7.43. The average molecular weight is 353 g/mol. The number of nitrogens with zero attached hydrogens (tertiary/aromatic N) is 1. The van der Waals surface area contributed by atoms with Gasteiger partial charge in [0.25, 0.3) is 5.79 Å². The Balaban J connectivity index is 2.40. The number of aliphatic hydroxyl groups is 3. The van der Waals surface area contributed by atoms with Gasteiger partial charge in [0, 0.05) is 18.5 Å². The summed E-state index contributed by atoms with van der Waals surface area (Å²) in [7, 11) is 0. The molecule has 9 heteroatoms. The van der Waals surface area contributed by atoms with Crippen LogP contribution in [0.15, 0.2) is 0 Å². The van der Waals surface area contributed by atoms with Gasteiger partial charge in [-0.2, -0.15) is 8.78 Å². The molecule has 2 rings (SSSR count). The van der Waals surface area contributed by atoms with Crippen LogP contribution in [0.3, 0.4) is 0 Å². The summed E-state index contributed by atoms with van der Waals surface area (Å²) in [6.07, 6.45) is -8.11. The summed E-state index contributed by atoms with van der Waals surface area (Å²) in [5.41, 5.74) is -1.11. The molecular weight excluding hydrogens is 328 g/mol. The Morgan fingerprint density at radius 3 is 2.33 bits per heavy atom. The molecule has 2 fully saturated rings. The first kappa shape index (κ1) is 19.3. The monoisotopic (exact) mass is 353 g/mol. The van der Waals surface area contributed by atoms with Crippen molar-refractivity contribution >= 4 is 6.09 Å². The number of carbonyl (C=O) groups is 1. The lowest BCUT2D eigenvalue weighted by Crippen LogP contribution is -2.78. The molecule has 2 aliphatic rings. The average Bonchev–Trinajstić information content (AvgIpc) is 2.48. The molecule has 0 radical (unpaired) electrons. The summed E-state index contributed by atoms with van der Waals surface area (Å²) < 4.78 is 39.2. The van der Waals surface area contributed by atoms with Crippen molar-refractivity contribution < 1.29 is 38.4 Å². The molecule has 0 saturated carbocycles. The zero-order chi connectivity index (χ0) is 18.5. The van der Waals surface area contributed by atoms with Crippen LogP contribution in [-0.4, -0.2) is 75.5 Å². The fourth-order valence-electron chi connectivity index (χ4n) is 3.46. The number of hydrogen-bond donors (Lipinski definition) is 3. The third-order valence-electron chi connectivity index (χ3n) is 4.92. The Bertz CT molecular complexity index is 498. The molecule has 7 nitrogen and oxygen atoms in total. The van der Waals surface area contributed by atoms with Crippen LogP contribution in [0.25, 0.3) is 0 Å². The molecule has 2 heterocycles. The molecule has 2 saturated heterocycles. The van der Waals surface area contributed by atoms with Gasteiger partial charge in [0.1, 0.15) is 6.10 Å². The molecule has 0 aromatic carbocycles. The zero-order valence-electron chi connectivity index (χ0n) is 14.2. The predicted octanol–water partition coefficient (Wildman–Crippen LogP) is 0.708. The third kappa shape index (κ3) is 2.67. The van der Waals surface area contributed by atoms with Crippen LogP contribution in [0, 0.1) is 5.41 Å². The fraction of sp³-hybridized carbons (Fsp3) is 0.933. The second-order valence-corrected chi connectivity index (χ2v) is 7.04. The van der Waals surface area contributed by atoms with E-state index in [1.165, 1.54) is 18.7 Å². The highest BCUT2D eigenvalue weighted by Crippen LogP contribution is 2.54. The van der Waals surface area contributed by atoms with Crippen LogP contribution in [0.2, 0.25) is 0 Å². The number of alkyl halides is 2. The van der Waals surface area contributed by atoms with Gasteiger partial charge in [0.05, 0.1) is 6.10 Å². The van der Waals surface area contributed by atoms with Gasteiger partial charge < -0.3 is 29.7 Å². The minimum Gasteiger partial charge on any atom is -0.439 e. The van der Waals surface area contributed by atoms with E-state index in [1.54, 1.807) is 13.8 Å². The number of halogens is 2. The SMILES string of the molecule is CCN(CC)C(=O)O[C@H]1C(C)(C)C[C@H]2O[C@]1(O)C(F)(F)[C@H](O)[C@@H]2O. The summed E-state index contributed by atoms with van der Waals surface area (Å²) >= 11 is 0. The van der Waals surface area contributed by atoms with Crippen molar-refractivity contribution in [2.24, 2.45) is 5.41 Å². The number of aliphatic hydroxyl groups excluding tert-OH is 2. The van der Waals surface area contributed by atoms with Crippen molar-refractivity contribution in [2.45, 2.75) is 70.2 Å². The lowest BCUT2D eigenvalue weighted by atomic mass is 9.68. The molecule has 3 N–H and O–H groups in total. The van der Waals surface area contributed by atoms with E-state index in [0.29, 0.717) is 13.1 Å². The highest BCUT2D eigenvalue weighted by molar-refractivity contribution is 5.68. The number of ether oxygens (including phenoxy) is 2. The second-order valence-electron chi connectivity index (χ2n) is 7.04. The molecule has 0 unspecified atom stereocenters. The molecule has 24 heavy (non-hydrogen) atoms. The van der Waals surface area contributed by atoms with Crippen molar-refractivity contribution in [3.8, 4) is 0 Å². The van der Waals surface area contributed by atoms with Gasteiger partial charge in [-0.05, 0) is 20.3 Å². The summed E-state index contributed by atoms with van der Waals surface area (Å²) in [6.45, 7) is 7.09. The molecular formula is C15H25F2NO6. The van der Waals surface area contributed by atoms with Crippen molar-refractivity contribution in [1.82, 2.24) is 4.90 Å². The summed E-state index contributed by atoms with van der Waals surface area (Å²) in [4.78, 5) is 13.5. The van der Waals surface area contributed by atoms with Gasteiger partial charge in [-0.1, -0.05) is 13.8 Å². The molecule has 2 aliphatic heterocycles. The zero-order valence-corrected chi connectivity index (χ0v) is 14.2. The van der Waals surface area contributed by atoms with E-state index < -0.39 is 47.6 Å². The first-order valence-corrected chi connectivity index (χ1v) is 8.02. The van der Waals surface area contributed by atoms with E-state index in [0.717, 1.165) is 0 Å². The van der Waals surface area contributed by atoms with Crippen LogP contribution in [-0.2, 0) is 9.47 Å². The highest BCUT2D eigenvalue weighted by atomic mass is 19.3. The minimum absolute atomic E-state index is 0.0276. The van der Waals surface area contributed by atoms with Gasteiger partial charge in [-0.25, -0.2) is 4.79 Å². The summed E-state index contributed by atoms with van der Waals surface area (Å²) in [5, 5.41) is 30.1. The van der Waals surface area contributed by atoms with Gasteiger partial charge >= 0.3 is 12.0 Å². The molecule has 140 valence electrons. The molecule has 5 atom stereocenters. The van der Waals surface area contributed by atoms with E-state index in [4.69, 9.17) is 9.47 Å². The fourth-order valence-corrected chi connectivity index (χ4v) is 3.46. The largest absolute Gasteiger partial charge is 0.439 e. The lowest BCUT2D eigenvalue weighted by molar-refractivity contribution is -0.452. The van der Waals surface area contributed by atoms with Crippen molar-refractivity contribution in [2.75, 3.05) is 13.1 Å². The normalized spacial score (nSPS) is 40.0. The molecule has 1 amide bonds. The topological polar surface area (TPSA) is 99.5 Å². The van der Waals surface area contributed by atoms with Crippen LogP contribution in [0.5, 0.6) is 0 Å². The van der Waals surface area contributed by atoms with Gasteiger partial charge in [-0.15, -0.1) is 0 Å². The number of hydrogen-bond acceptors (Lipinski definition) is 6. The van der Waals surface area contributed by atoms with Gasteiger partial charge in [0.15, 0.2) is 12.2 Å². The number of rotatable bonds is 3. The molecule has 0 spiro atoms. The number of carbonyl (C=O) groups excluding carboxylic acids is 1. The molecule has 0 aromatic heterocycles. The van der Waals surface area contributed by atoms with E-state index in [1.807, 2.05) is 0 Å². The van der Waals surface area contributed by atoms with E-state index in [2.05, 4.69) is 0 Å². The Hall–Kier alpha value is -1.03. The van der Waals surface area contributed by atoms with Crippen LogP contribution in [0.1, 0.15) is 34.1 Å². The third-order valence-corrected chi connectivity index (χ3v) is 4.92. The maximum Gasteiger partial charge on any atom is 0.410 e. The van der Waals surface area contributed by atoms with Crippen LogP contribution >= 0.6 is 0 Å². The number of fused-ring (bicyclic) bond motifs is 2. The van der Waals surface area contributed by atoms with E-state index in [-0.39, 0.29) is 6.42 Å². The van der Waals surface area contributed by atoms with Crippen molar-refractivity contribution in [3.05, 3.63) is 0 Å². The highest BCUT2D eigenvalue weighted by Gasteiger charge is 2.75. The second kappa shape index (κ2) is 6.05. The Kier molecular flexibility index (Phi) is 4.86.